The van der Waals surface area contributed by atoms with E-state index in [1.807, 2.05) is 0 Å². The molecule has 0 aliphatic carbocycles. The molecule has 0 aromatic rings. The van der Waals surface area contributed by atoms with Crippen LogP contribution in [0.2, 0.25) is 0 Å². The first-order chi connectivity index (χ1) is 1.73. The first kappa shape index (κ1) is 10.2. The molecule has 0 amide bonds. The van der Waals surface area contributed by atoms with Crippen LogP contribution >= 0.6 is 0 Å². The van der Waals surface area contributed by atoms with Gasteiger partial charge in [0.2, 0.25) is 0 Å². The molecule has 0 aliphatic rings. The predicted octanol–water partition coefficient (Wildman–Crippen LogP) is -4.61. The summed E-state index contributed by atoms with van der Waals surface area (Å²) in [5.74, 6) is 0. The van der Waals surface area contributed by atoms with Gasteiger partial charge in [-0.25, -0.2) is 0 Å². The summed E-state index contributed by atoms with van der Waals surface area (Å²) in [5, 5.41) is 0. The van der Waals surface area contributed by atoms with Crippen molar-refractivity contribution in [3.63, 3.8) is 0 Å². The third-order valence-corrected chi connectivity index (χ3v) is 0. The Morgan fingerprint density at radius 1 is 1.40 bits per heavy atom. The molecule has 3 nitrogen and oxygen atoms in total. The van der Waals surface area contributed by atoms with Gasteiger partial charge in [-0.3, -0.25) is 0 Å². The van der Waals surface area contributed by atoms with E-state index in [2.05, 4.69) is 0 Å². The fourth-order valence-electron chi connectivity index (χ4n) is 0. The van der Waals surface area contributed by atoms with Gasteiger partial charge in [-0.1, -0.05) is 0 Å². The molecule has 0 rings (SSSR count). The van der Waals surface area contributed by atoms with Crippen LogP contribution in [0.15, 0.2) is 0 Å². The van der Waals surface area contributed by atoms with E-state index < -0.39 is 20.6 Å². The maximum absolute atomic E-state index is 8.84. The third-order valence-electron chi connectivity index (χ3n) is 0. The van der Waals surface area contributed by atoms with Crippen LogP contribution < -0.4 is 51.4 Å². The van der Waals surface area contributed by atoms with Crippen LogP contribution in [0.3, 0.4) is 0 Å². The molecule has 0 radical (unpaired) electrons. The zero-order valence-corrected chi connectivity index (χ0v) is 8.78. The third kappa shape index (κ3) is 22.9. The summed E-state index contributed by atoms with van der Waals surface area (Å²) in [5.41, 5.74) is 0. The Bertz CT molecular complexity index is 29.9. The molecular weight excluding hydrogens is 206 g/mol. The van der Waals surface area contributed by atoms with E-state index >= 15 is 0 Å². The van der Waals surface area contributed by atoms with Gasteiger partial charge >= 0.3 is 81.9 Å². The van der Waals surface area contributed by atoms with Crippen molar-refractivity contribution in [1.82, 2.24) is 0 Å². The molecule has 0 spiro atoms. The summed E-state index contributed by atoms with van der Waals surface area (Å²) in [6.07, 6.45) is 0. The molecule has 2 N–H and O–H groups in total. The fraction of sp³-hybridized carbons (Fsp3) is 0. The van der Waals surface area contributed by atoms with E-state index in [0.717, 1.165) is 0 Å². The van der Waals surface area contributed by atoms with Crippen LogP contribution in [-0.4, -0.2) is 27.5 Å². The van der Waals surface area contributed by atoms with Gasteiger partial charge in [0.05, 0.1) is 0 Å². The molecule has 0 saturated heterocycles. The second-order valence-corrected chi connectivity index (χ2v) is 1.90. The summed E-state index contributed by atoms with van der Waals surface area (Å²) >= 11 is -3.79. The summed E-state index contributed by atoms with van der Waals surface area (Å²) < 4.78 is 23.3. The molecule has 0 bridgehead atoms. The zero-order chi connectivity index (χ0) is 3.58. The van der Waals surface area contributed by atoms with Crippen LogP contribution in [0.1, 0.15) is 0 Å². The van der Waals surface area contributed by atoms with Crippen molar-refractivity contribution in [2.24, 2.45) is 0 Å². The first-order valence-corrected chi connectivity index (χ1v) is 4.37. The van der Waals surface area contributed by atoms with Crippen molar-refractivity contribution >= 4 is 20.6 Å². The Kier molecular flexibility index (Phi) is 12.6. The van der Waals surface area contributed by atoms with E-state index in [9.17, 15) is 0 Å². The van der Waals surface area contributed by atoms with E-state index in [4.69, 9.17) is 9.96 Å². The molecule has 0 fully saturated rings. The van der Waals surface area contributed by atoms with Gasteiger partial charge in [-0.2, -0.15) is 0 Å². The van der Waals surface area contributed by atoms with Gasteiger partial charge in [0.1, 0.15) is 0 Å². The summed E-state index contributed by atoms with van der Waals surface area (Å²) in [6, 6.07) is 0. The van der Waals surface area contributed by atoms with Crippen LogP contribution in [0.5, 0.6) is 0 Å². The normalized spacial score (nSPS) is 5.20. The molecule has 0 heterocycles. The molecule has 0 aromatic heterocycles. The minimum absolute atomic E-state index is 0. The quantitative estimate of drug-likeness (QED) is 0.393. The van der Waals surface area contributed by atoms with Gasteiger partial charge in [-0.15, -0.1) is 0 Å². The van der Waals surface area contributed by atoms with E-state index in [1.54, 1.807) is 0 Å². The molecular formula is H2KO3Sn+. The van der Waals surface area contributed by atoms with Crippen molar-refractivity contribution in [2.75, 3.05) is 0 Å². The van der Waals surface area contributed by atoms with Crippen molar-refractivity contribution < 1.29 is 61.3 Å². The molecule has 0 atom stereocenters. The maximum atomic E-state index is 8.84. The number of hydrogen-bond donors (Lipinski definition) is 2. The van der Waals surface area contributed by atoms with Gasteiger partial charge in [0.15, 0.2) is 0 Å². The zero-order valence-electron chi connectivity index (χ0n) is 2.80. The van der Waals surface area contributed by atoms with Crippen LogP contribution in [-0.2, 0) is 3.08 Å². The van der Waals surface area contributed by atoms with Crippen LogP contribution in [0.25, 0.3) is 0 Å². The number of rotatable bonds is 0. The van der Waals surface area contributed by atoms with Gasteiger partial charge in [-0.05, 0) is 0 Å². The van der Waals surface area contributed by atoms with Crippen molar-refractivity contribution in [1.29, 1.82) is 0 Å². The Hall–Kier alpha value is 2.16. The summed E-state index contributed by atoms with van der Waals surface area (Å²) in [6.45, 7) is 0. The Balaban J connectivity index is 0. The average molecular weight is 208 g/mol. The van der Waals surface area contributed by atoms with Crippen molar-refractivity contribution in [2.45, 2.75) is 0 Å². The molecule has 0 aromatic carbocycles. The van der Waals surface area contributed by atoms with Crippen molar-refractivity contribution in [3.8, 4) is 0 Å². The summed E-state index contributed by atoms with van der Waals surface area (Å²) in [7, 11) is 0. The topological polar surface area (TPSA) is 57.5 Å². The van der Waals surface area contributed by atoms with E-state index in [1.165, 1.54) is 0 Å². The second-order valence-electron chi connectivity index (χ2n) is 0.283. The fourth-order valence-corrected chi connectivity index (χ4v) is 0. The minimum atomic E-state index is -3.79. The molecule has 5 heavy (non-hydrogen) atoms. The monoisotopic (exact) mass is 209 g/mol. The molecule has 5 heteroatoms. The Morgan fingerprint density at radius 3 is 1.40 bits per heavy atom. The van der Waals surface area contributed by atoms with E-state index in [-0.39, 0.29) is 51.4 Å². The van der Waals surface area contributed by atoms with Gasteiger partial charge in [0.25, 0.3) is 0 Å². The van der Waals surface area contributed by atoms with Gasteiger partial charge in [0, 0.05) is 0 Å². The molecule has 0 saturated carbocycles. The van der Waals surface area contributed by atoms with Crippen molar-refractivity contribution in [3.05, 3.63) is 0 Å². The Morgan fingerprint density at radius 2 is 1.40 bits per heavy atom. The summed E-state index contributed by atoms with van der Waals surface area (Å²) in [4.78, 5) is 0. The first-order valence-electron chi connectivity index (χ1n) is 0.651. The SMILES string of the molecule is [K+].[O]=[Sn]([OH])[OH]. The second kappa shape index (κ2) is 6.16. The average Bonchev–Trinajstić information content (AvgIpc) is 0.811. The number of hydrogen-bond acceptors (Lipinski definition) is 1. The Labute approximate surface area is 80.0 Å². The van der Waals surface area contributed by atoms with Gasteiger partial charge < -0.3 is 0 Å². The van der Waals surface area contributed by atoms with E-state index in [0.29, 0.717) is 0 Å². The molecule has 0 aliphatic heterocycles. The molecule has 0 unspecified atom stereocenters. The molecule has 24 valence electrons. The standard InChI is InChI=1S/K.2H2O.O.Sn/h;2*1H2;;/q+1;;;;+2/p-2. The van der Waals surface area contributed by atoms with Crippen LogP contribution in [0, 0.1) is 0 Å². The van der Waals surface area contributed by atoms with Crippen LogP contribution in [0.4, 0.5) is 0 Å². The predicted molar refractivity (Wildman–Crippen MR) is 10.9 cm³/mol.